The van der Waals surface area contributed by atoms with E-state index in [4.69, 9.17) is 10.5 Å². The van der Waals surface area contributed by atoms with Gasteiger partial charge in [-0.2, -0.15) is 9.36 Å². The number of nitrogen functional groups attached to an aromatic ring is 1. The number of nitrogens with two attached hydrogens (primary N) is 1. The van der Waals surface area contributed by atoms with Crippen molar-refractivity contribution in [3.8, 4) is 0 Å². The van der Waals surface area contributed by atoms with Crippen molar-refractivity contribution in [1.82, 2.24) is 19.6 Å². The van der Waals surface area contributed by atoms with E-state index in [1.807, 2.05) is 0 Å². The number of thioether (sulfide) groups is 1. The van der Waals surface area contributed by atoms with Crippen LogP contribution in [-0.4, -0.2) is 78.8 Å². The number of fused-ring (bicyclic) bond motifs is 3. The van der Waals surface area contributed by atoms with E-state index in [9.17, 15) is 24.3 Å². The zero-order chi connectivity index (χ0) is 20.9. The van der Waals surface area contributed by atoms with Crippen LogP contribution in [-0.2, 0) is 28.8 Å². The van der Waals surface area contributed by atoms with Gasteiger partial charge < -0.3 is 25.7 Å². The minimum atomic E-state index is -2.04. The molecule has 3 aliphatic rings. The van der Waals surface area contributed by atoms with Crippen LogP contribution in [0.2, 0.25) is 0 Å². The second-order valence-electron chi connectivity index (χ2n) is 6.34. The number of β-lactam (4-membered cyclic amide) rings is 1. The number of carbonyl (C=O) groups excluding carboxylic acids is 3. The maximum atomic E-state index is 12.7. The molecule has 1 aromatic rings. The van der Waals surface area contributed by atoms with E-state index in [1.54, 1.807) is 0 Å². The normalized spacial score (nSPS) is 30.7. The van der Waals surface area contributed by atoms with E-state index >= 15 is 0 Å². The quantitative estimate of drug-likeness (QED) is 0.202. The molecule has 0 radical (unpaired) electrons. The molecule has 0 saturated carbocycles. The van der Waals surface area contributed by atoms with Crippen LogP contribution in [0, 0.1) is 5.92 Å². The Morgan fingerprint density at radius 2 is 2.24 bits per heavy atom. The highest BCUT2D eigenvalue weighted by molar-refractivity contribution is 8.00. The number of rotatable bonds is 5. The first-order valence-corrected chi connectivity index (χ1v) is 10.0. The van der Waals surface area contributed by atoms with Gasteiger partial charge in [0.1, 0.15) is 18.5 Å². The molecule has 1 aromatic heterocycles. The molecule has 0 aromatic carbocycles. The number of anilines is 1. The molecule has 4 heterocycles. The average Bonchev–Trinajstić information content (AvgIpc) is 3.25. The lowest BCUT2D eigenvalue weighted by Gasteiger charge is -2.56. The van der Waals surface area contributed by atoms with Gasteiger partial charge in [0.05, 0.1) is 6.42 Å². The summed E-state index contributed by atoms with van der Waals surface area (Å²) in [5.74, 6) is -4.03. The topological polar surface area (TPSA) is 186 Å². The molecule has 4 unspecified atom stereocenters. The number of nitrogens with one attached hydrogen (secondary N) is 1. The molecule has 0 spiro atoms. The van der Waals surface area contributed by atoms with Gasteiger partial charge in [-0.15, -0.1) is 11.8 Å². The first-order valence-electron chi connectivity index (χ1n) is 8.21. The van der Waals surface area contributed by atoms with Crippen molar-refractivity contribution >= 4 is 57.9 Å². The number of aliphatic carboxylic acids is 1. The highest BCUT2D eigenvalue weighted by atomic mass is 32.2. The average molecular weight is 442 g/mol. The summed E-state index contributed by atoms with van der Waals surface area (Å²) in [7, 11) is 1.22. The summed E-state index contributed by atoms with van der Waals surface area (Å²) in [6.45, 7) is 0. The molecular formula is C14H14N6O7S2. The first-order chi connectivity index (χ1) is 13.8. The Labute approximate surface area is 170 Å². The van der Waals surface area contributed by atoms with E-state index in [0.717, 1.165) is 16.4 Å². The van der Waals surface area contributed by atoms with E-state index in [-0.39, 0.29) is 28.8 Å². The molecule has 29 heavy (non-hydrogen) atoms. The standard InChI is InChI=1S/C14H14N6O7S2/c1-26-18-6(8-17-13(15)29-19-8)9(22)16-7-10(23)20-11(7)28-3-4-2-5(21)27-14(4,20)12(24)25/h4,7,11H,2-3H2,1H3,(H,16,22)(H,24,25)(H2,15,17,19)/b18-6+. The lowest BCUT2D eigenvalue weighted by atomic mass is 9.89. The summed E-state index contributed by atoms with van der Waals surface area (Å²) in [6, 6.07) is -1.04. The summed E-state index contributed by atoms with van der Waals surface area (Å²) in [6.07, 6.45) is -0.0889. The van der Waals surface area contributed by atoms with E-state index < -0.39 is 46.8 Å². The second-order valence-corrected chi connectivity index (χ2v) is 8.27. The molecule has 4 N–H and O–H groups in total. The molecule has 2 amide bonds. The number of esters is 1. The van der Waals surface area contributed by atoms with E-state index in [1.165, 1.54) is 18.9 Å². The van der Waals surface area contributed by atoms with E-state index in [0.29, 0.717) is 0 Å². The summed E-state index contributed by atoms with van der Waals surface area (Å²) in [4.78, 5) is 58.5. The van der Waals surface area contributed by atoms with Gasteiger partial charge in [0, 0.05) is 23.2 Å². The number of carboxylic acids is 1. The van der Waals surface area contributed by atoms with Crippen LogP contribution in [0.15, 0.2) is 5.16 Å². The molecule has 0 aliphatic carbocycles. The van der Waals surface area contributed by atoms with Crippen LogP contribution >= 0.6 is 23.3 Å². The zero-order valence-electron chi connectivity index (χ0n) is 14.7. The first kappa shape index (κ1) is 19.4. The van der Waals surface area contributed by atoms with Crippen molar-refractivity contribution in [3.05, 3.63) is 5.82 Å². The lowest BCUT2D eigenvalue weighted by molar-refractivity contribution is -0.215. The third-order valence-electron chi connectivity index (χ3n) is 4.75. The molecule has 13 nitrogen and oxygen atoms in total. The van der Waals surface area contributed by atoms with Crippen molar-refractivity contribution in [2.45, 2.75) is 23.6 Å². The number of carbonyl (C=O) groups is 4. The Morgan fingerprint density at radius 3 is 2.86 bits per heavy atom. The summed E-state index contributed by atoms with van der Waals surface area (Å²) >= 11 is 2.11. The second kappa shape index (κ2) is 6.84. The van der Waals surface area contributed by atoms with Gasteiger partial charge >= 0.3 is 11.9 Å². The Bertz CT molecular complexity index is 951. The van der Waals surface area contributed by atoms with Gasteiger partial charge in [-0.25, -0.2) is 4.79 Å². The fourth-order valence-corrected chi connectivity index (χ4v) is 5.52. The number of hydrogen-bond donors (Lipinski definition) is 3. The Balaban J connectivity index is 1.56. The van der Waals surface area contributed by atoms with Crippen molar-refractivity contribution in [1.29, 1.82) is 0 Å². The number of oxime groups is 1. The van der Waals surface area contributed by atoms with Crippen LogP contribution in [0.4, 0.5) is 5.13 Å². The Hall–Kier alpha value is -2.94. The number of hydrogen-bond acceptors (Lipinski definition) is 12. The molecule has 154 valence electrons. The van der Waals surface area contributed by atoms with E-state index in [2.05, 4.69) is 24.7 Å². The van der Waals surface area contributed by atoms with Crippen LogP contribution in [0.3, 0.4) is 0 Å². The molecule has 0 bridgehead atoms. The molecule has 3 saturated heterocycles. The monoisotopic (exact) mass is 442 g/mol. The number of carboxylic acid groups (broad SMARTS) is 1. The van der Waals surface area contributed by atoms with Crippen LogP contribution in [0.5, 0.6) is 0 Å². The number of ether oxygens (including phenoxy) is 1. The predicted octanol–water partition coefficient (Wildman–Crippen LogP) is -1.79. The largest absolute Gasteiger partial charge is 0.477 e. The molecule has 3 aliphatic heterocycles. The Morgan fingerprint density at radius 1 is 1.48 bits per heavy atom. The number of aromatic nitrogens is 2. The summed E-state index contributed by atoms with van der Waals surface area (Å²) in [5.41, 5.74) is 3.19. The van der Waals surface area contributed by atoms with Crippen molar-refractivity contribution in [2.75, 3.05) is 18.6 Å². The smallest absolute Gasteiger partial charge is 0.370 e. The van der Waals surface area contributed by atoms with Crippen molar-refractivity contribution in [2.24, 2.45) is 11.1 Å². The molecule has 3 fully saturated rings. The highest BCUT2D eigenvalue weighted by Gasteiger charge is 2.71. The SMILES string of the molecule is CO/N=C(/C(=O)NC1C(=O)N2C1SCC1CC(=O)OC12C(=O)O)c1nsc(N)n1. The highest BCUT2D eigenvalue weighted by Crippen LogP contribution is 2.51. The van der Waals surface area contributed by atoms with Gasteiger partial charge in [0.2, 0.25) is 11.5 Å². The maximum Gasteiger partial charge on any atom is 0.370 e. The molecule has 4 rings (SSSR count). The minimum absolute atomic E-state index is 0.0708. The summed E-state index contributed by atoms with van der Waals surface area (Å²) < 4.78 is 8.99. The van der Waals surface area contributed by atoms with Gasteiger partial charge in [-0.3, -0.25) is 19.3 Å². The number of amides is 2. The zero-order valence-corrected chi connectivity index (χ0v) is 16.4. The van der Waals surface area contributed by atoms with Gasteiger partial charge in [-0.05, 0) is 0 Å². The van der Waals surface area contributed by atoms with Crippen LogP contribution in [0.1, 0.15) is 12.2 Å². The fourth-order valence-electron chi connectivity index (χ4n) is 3.53. The molecule has 15 heteroatoms. The van der Waals surface area contributed by atoms with Crippen LogP contribution in [0.25, 0.3) is 0 Å². The predicted molar refractivity (Wildman–Crippen MR) is 97.5 cm³/mol. The van der Waals surface area contributed by atoms with Crippen LogP contribution < -0.4 is 11.1 Å². The van der Waals surface area contributed by atoms with Gasteiger partial charge in [0.15, 0.2) is 5.13 Å². The number of nitrogens with zero attached hydrogens (tertiary/aromatic N) is 4. The lowest BCUT2D eigenvalue weighted by Crippen LogP contribution is -2.80. The Kier molecular flexibility index (Phi) is 4.57. The maximum absolute atomic E-state index is 12.7. The third-order valence-corrected chi connectivity index (χ3v) is 6.71. The van der Waals surface area contributed by atoms with Gasteiger partial charge in [-0.1, -0.05) is 5.16 Å². The van der Waals surface area contributed by atoms with Crippen molar-refractivity contribution < 1.29 is 33.9 Å². The third kappa shape index (κ3) is 2.79. The minimum Gasteiger partial charge on any atom is -0.477 e. The fraction of sp³-hybridized carbons (Fsp3) is 0.500. The van der Waals surface area contributed by atoms with Gasteiger partial charge in [0.25, 0.3) is 17.5 Å². The summed E-state index contributed by atoms with van der Waals surface area (Å²) in [5, 5.41) is 15.2. The van der Waals surface area contributed by atoms with Crippen molar-refractivity contribution in [3.63, 3.8) is 0 Å². The molecule has 4 atom stereocenters. The molecular weight excluding hydrogens is 428 g/mol.